The number of halogens is 1. The van der Waals surface area contributed by atoms with E-state index in [0.717, 1.165) is 5.56 Å². The van der Waals surface area contributed by atoms with Gasteiger partial charge in [0.2, 0.25) is 5.91 Å². The summed E-state index contributed by atoms with van der Waals surface area (Å²) in [5.74, 6) is -1.34. The molecule has 8 heteroatoms. The van der Waals surface area contributed by atoms with Crippen molar-refractivity contribution in [1.29, 1.82) is 0 Å². The molecule has 1 aromatic heterocycles. The normalized spacial score (nSPS) is 13.6. The van der Waals surface area contributed by atoms with E-state index in [-0.39, 0.29) is 23.1 Å². The van der Waals surface area contributed by atoms with E-state index in [0.29, 0.717) is 25.1 Å². The van der Waals surface area contributed by atoms with Crippen LogP contribution in [0.3, 0.4) is 0 Å². The Hall–Kier alpha value is -2.87. The summed E-state index contributed by atoms with van der Waals surface area (Å²) < 4.78 is 14.7. The predicted octanol–water partition coefficient (Wildman–Crippen LogP) is 2.50. The van der Waals surface area contributed by atoms with Gasteiger partial charge in [-0.25, -0.2) is 14.4 Å². The van der Waals surface area contributed by atoms with Crippen LogP contribution in [0, 0.1) is 11.2 Å². The van der Waals surface area contributed by atoms with Gasteiger partial charge in [-0.05, 0) is 30.2 Å². The third kappa shape index (κ3) is 4.11. The minimum atomic E-state index is -0.663. The van der Waals surface area contributed by atoms with E-state index in [1.165, 1.54) is 18.5 Å². The summed E-state index contributed by atoms with van der Waals surface area (Å²) in [4.78, 5) is 32.9. The van der Waals surface area contributed by atoms with Gasteiger partial charge in [-0.2, -0.15) is 0 Å². The number of nitrogens with zero attached hydrogens (tertiary/aromatic N) is 2. The minimum absolute atomic E-state index is 0.0393. The second-order valence-corrected chi connectivity index (χ2v) is 7.40. The second-order valence-electron chi connectivity index (χ2n) is 7.40. The standard InChI is InChI=1S/C19H22FN5O2/c1-19(2,3)18(27)25-16-15(22-8-9-23-16)17(26)24-13-5-4-11-10-21-7-6-12(11)14(13)20/h4-5,8-9,21H,6-7,10H2,1-3H3,(H,24,26)(H,23,25,27). The van der Waals surface area contributed by atoms with Crippen LogP contribution in [0.4, 0.5) is 15.9 Å². The molecule has 2 amide bonds. The molecular weight excluding hydrogens is 349 g/mol. The van der Waals surface area contributed by atoms with E-state index in [9.17, 15) is 14.0 Å². The summed E-state index contributed by atoms with van der Waals surface area (Å²) in [5, 5.41) is 8.33. The molecule has 0 aliphatic carbocycles. The van der Waals surface area contributed by atoms with Crippen LogP contribution < -0.4 is 16.0 Å². The summed E-state index contributed by atoms with van der Waals surface area (Å²) in [5.41, 5.74) is 0.832. The lowest BCUT2D eigenvalue weighted by atomic mass is 9.96. The number of amides is 2. The van der Waals surface area contributed by atoms with Gasteiger partial charge in [0.25, 0.3) is 5.91 Å². The quantitative estimate of drug-likeness (QED) is 0.770. The van der Waals surface area contributed by atoms with Crippen molar-refractivity contribution >= 4 is 23.3 Å². The Kier molecular flexibility index (Phi) is 5.18. The second kappa shape index (κ2) is 7.40. The van der Waals surface area contributed by atoms with Crippen LogP contribution in [0.25, 0.3) is 0 Å². The van der Waals surface area contributed by atoms with Crippen LogP contribution in [-0.2, 0) is 17.8 Å². The molecular formula is C19H22FN5O2. The van der Waals surface area contributed by atoms with Crippen LogP contribution >= 0.6 is 0 Å². The van der Waals surface area contributed by atoms with Crippen molar-refractivity contribution in [3.05, 3.63) is 47.2 Å². The molecule has 142 valence electrons. The van der Waals surface area contributed by atoms with Gasteiger partial charge in [0.15, 0.2) is 11.5 Å². The number of hydrogen-bond donors (Lipinski definition) is 3. The number of benzene rings is 1. The van der Waals surface area contributed by atoms with Gasteiger partial charge in [0, 0.05) is 24.4 Å². The molecule has 3 rings (SSSR count). The average molecular weight is 371 g/mol. The van der Waals surface area contributed by atoms with E-state index < -0.39 is 17.1 Å². The fourth-order valence-electron chi connectivity index (χ4n) is 2.70. The third-order valence-electron chi connectivity index (χ3n) is 4.28. The predicted molar refractivity (Wildman–Crippen MR) is 99.9 cm³/mol. The first-order valence-corrected chi connectivity index (χ1v) is 8.72. The summed E-state index contributed by atoms with van der Waals surface area (Å²) in [6.45, 7) is 6.53. The largest absolute Gasteiger partial charge is 0.318 e. The van der Waals surface area contributed by atoms with Crippen LogP contribution in [0.2, 0.25) is 0 Å². The van der Waals surface area contributed by atoms with Gasteiger partial charge in [0.1, 0.15) is 5.82 Å². The van der Waals surface area contributed by atoms with Gasteiger partial charge < -0.3 is 16.0 Å². The van der Waals surface area contributed by atoms with Gasteiger partial charge in [0.05, 0.1) is 5.69 Å². The molecule has 0 saturated heterocycles. The number of nitrogens with one attached hydrogen (secondary N) is 3. The number of anilines is 2. The summed E-state index contributed by atoms with van der Waals surface area (Å²) in [6, 6.07) is 3.32. The SMILES string of the molecule is CC(C)(C)C(=O)Nc1nccnc1C(=O)Nc1ccc2c(c1F)CCNC2. The average Bonchev–Trinajstić information content (AvgIpc) is 2.64. The first kappa shape index (κ1) is 18.9. The Bertz CT molecular complexity index is 892. The highest BCUT2D eigenvalue weighted by Crippen LogP contribution is 2.25. The first-order valence-electron chi connectivity index (χ1n) is 8.72. The number of carbonyl (C=O) groups is 2. The molecule has 0 fully saturated rings. The van der Waals surface area contributed by atoms with E-state index in [2.05, 4.69) is 25.9 Å². The Morgan fingerprint density at radius 3 is 2.63 bits per heavy atom. The van der Waals surface area contributed by atoms with Gasteiger partial charge in [-0.1, -0.05) is 26.8 Å². The topological polar surface area (TPSA) is 96.0 Å². The van der Waals surface area contributed by atoms with E-state index in [1.807, 2.05) is 0 Å². The Morgan fingerprint density at radius 2 is 1.89 bits per heavy atom. The molecule has 3 N–H and O–H groups in total. The van der Waals surface area contributed by atoms with Crippen molar-refractivity contribution in [2.24, 2.45) is 5.41 Å². The molecule has 7 nitrogen and oxygen atoms in total. The minimum Gasteiger partial charge on any atom is -0.318 e. The van der Waals surface area contributed by atoms with Crippen LogP contribution in [0.15, 0.2) is 24.5 Å². The molecule has 1 aliphatic rings. The summed E-state index contributed by atoms with van der Waals surface area (Å²) >= 11 is 0. The lowest BCUT2D eigenvalue weighted by molar-refractivity contribution is -0.123. The van der Waals surface area contributed by atoms with Gasteiger partial charge in [-0.3, -0.25) is 9.59 Å². The van der Waals surface area contributed by atoms with Crippen molar-refractivity contribution in [1.82, 2.24) is 15.3 Å². The zero-order chi connectivity index (χ0) is 19.6. The fourth-order valence-corrected chi connectivity index (χ4v) is 2.70. The van der Waals surface area contributed by atoms with Crippen molar-refractivity contribution < 1.29 is 14.0 Å². The molecule has 27 heavy (non-hydrogen) atoms. The fraction of sp³-hybridized carbons (Fsp3) is 0.368. The van der Waals surface area contributed by atoms with Gasteiger partial charge in [-0.15, -0.1) is 0 Å². The molecule has 0 unspecified atom stereocenters. The molecule has 0 spiro atoms. The molecule has 0 atom stereocenters. The van der Waals surface area contributed by atoms with E-state index in [1.54, 1.807) is 26.8 Å². The maximum Gasteiger partial charge on any atom is 0.278 e. The highest BCUT2D eigenvalue weighted by atomic mass is 19.1. The van der Waals surface area contributed by atoms with Crippen molar-refractivity contribution in [3.8, 4) is 0 Å². The van der Waals surface area contributed by atoms with E-state index >= 15 is 0 Å². The zero-order valence-electron chi connectivity index (χ0n) is 15.5. The van der Waals surface area contributed by atoms with Crippen LogP contribution in [0.1, 0.15) is 42.4 Å². The zero-order valence-corrected chi connectivity index (χ0v) is 15.5. The number of fused-ring (bicyclic) bond motifs is 1. The number of rotatable bonds is 3. The smallest absolute Gasteiger partial charge is 0.278 e. The van der Waals surface area contributed by atoms with Crippen LogP contribution in [-0.4, -0.2) is 28.3 Å². The molecule has 1 aromatic carbocycles. The summed E-state index contributed by atoms with van der Waals surface area (Å²) in [7, 11) is 0. The summed E-state index contributed by atoms with van der Waals surface area (Å²) in [6.07, 6.45) is 3.28. The molecule has 1 aliphatic heterocycles. The maximum atomic E-state index is 14.7. The monoisotopic (exact) mass is 371 g/mol. The third-order valence-corrected chi connectivity index (χ3v) is 4.28. The highest BCUT2D eigenvalue weighted by molar-refractivity contribution is 6.08. The number of aromatic nitrogens is 2. The first-order chi connectivity index (χ1) is 12.8. The molecule has 2 aromatic rings. The lowest BCUT2D eigenvalue weighted by Crippen LogP contribution is -2.30. The Morgan fingerprint density at radius 1 is 1.15 bits per heavy atom. The van der Waals surface area contributed by atoms with Crippen molar-refractivity contribution in [2.75, 3.05) is 17.2 Å². The maximum absolute atomic E-state index is 14.7. The molecule has 0 radical (unpaired) electrons. The molecule has 0 saturated carbocycles. The molecule has 0 bridgehead atoms. The lowest BCUT2D eigenvalue weighted by Gasteiger charge is -2.20. The van der Waals surface area contributed by atoms with Gasteiger partial charge >= 0.3 is 0 Å². The van der Waals surface area contributed by atoms with E-state index in [4.69, 9.17) is 0 Å². The Labute approximate surface area is 156 Å². The van der Waals surface area contributed by atoms with Crippen molar-refractivity contribution in [3.63, 3.8) is 0 Å². The molecule has 2 heterocycles. The Balaban J connectivity index is 1.84. The highest BCUT2D eigenvalue weighted by Gasteiger charge is 2.25. The van der Waals surface area contributed by atoms with Crippen molar-refractivity contribution in [2.45, 2.75) is 33.7 Å². The van der Waals surface area contributed by atoms with Crippen LogP contribution in [0.5, 0.6) is 0 Å². The number of hydrogen-bond acceptors (Lipinski definition) is 5. The number of carbonyl (C=O) groups excluding carboxylic acids is 2.